The van der Waals surface area contributed by atoms with Crippen molar-refractivity contribution in [2.24, 2.45) is 5.92 Å². The van der Waals surface area contributed by atoms with Gasteiger partial charge in [-0.25, -0.2) is 0 Å². The van der Waals surface area contributed by atoms with E-state index in [-0.39, 0.29) is 0 Å². The standard InChI is InChI=1S/C14H28N2OS2/c1-15(14-11-18-7-8-19-12-14)9-13-3-4-16(10-13)5-6-17-2/h13-14H,3-12H2,1-2H3/t13-/m0/s1. The zero-order valence-corrected chi connectivity index (χ0v) is 14.0. The summed E-state index contributed by atoms with van der Waals surface area (Å²) in [5.41, 5.74) is 0. The maximum atomic E-state index is 5.17. The number of rotatable bonds is 6. The smallest absolute Gasteiger partial charge is 0.0589 e. The van der Waals surface area contributed by atoms with E-state index in [0.717, 1.165) is 25.1 Å². The molecule has 0 saturated carbocycles. The lowest BCUT2D eigenvalue weighted by Gasteiger charge is -2.29. The van der Waals surface area contributed by atoms with Crippen molar-refractivity contribution in [3.63, 3.8) is 0 Å². The van der Waals surface area contributed by atoms with Crippen LogP contribution < -0.4 is 0 Å². The van der Waals surface area contributed by atoms with Gasteiger partial charge in [0.05, 0.1) is 6.61 Å². The molecule has 0 N–H and O–H groups in total. The third-order valence-electron chi connectivity index (χ3n) is 4.14. The highest BCUT2D eigenvalue weighted by atomic mass is 32.2. The molecule has 2 heterocycles. The summed E-state index contributed by atoms with van der Waals surface area (Å²) in [7, 11) is 4.12. The number of ether oxygens (including phenoxy) is 1. The zero-order chi connectivity index (χ0) is 13.5. The SMILES string of the molecule is COCCN1CC[C@@H](CN(C)C2CSCCSC2)C1. The average molecular weight is 305 g/mol. The van der Waals surface area contributed by atoms with Crippen LogP contribution in [0.2, 0.25) is 0 Å². The van der Waals surface area contributed by atoms with Crippen LogP contribution in [0.1, 0.15) is 6.42 Å². The first-order chi connectivity index (χ1) is 9.29. The maximum absolute atomic E-state index is 5.17. The predicted molar refractivity (Wildman–Crippen MR) is 87.5 cm³/mol. The molecule has 0 spiro atoms. The highest BCUT2D eigenvalue weighted by Gasteiger charge is 2.26. The van der Waals surface area contributed by atoms with Crippen molar-refractivity contribution in [2.75, 3.05) is 70.0 Å². The molecule has 1 atom stereocenters. The first-order valence-electron chi connectivity index (χ1n) is 7.36. The summed E-state index contributed by atoms with van der Waals surface area (Å²) in [5.74, 6) is 6.18. The van der Waals surface area contributed by atoms with E-state index in [2.05, 4.69) is 40.4 Å². The first-order valence-corrected chi connectivity index (χ1v) is 9.67. The molecule has 19 heavy (non-hydrogen) atoms. The second kappa shape index (κ2) is 8.78. The van der Waals surface area contributed by atoms with Crippen LogP contribution in [0.3, 0.4) is 0 Å². The van der Waals surface area contributed by atoms with Crippen LogP contribution in [0.4, 0.5) is 0 Å². The molecule has 0 aromatic rings. The van der Waals surface area contributed by atoms with Crippen molar-refractivity contribution in [2.45, 2.75) is 12.5 Å². The van der Waals surface area contributed by atoms with Gasteiger partial charge in [-0.05, 0) is 25.9 Å². The van der Waals surface area contributed by atoms with Crippen molar-refractivity contribution in [3.8, 4) is 0 Å². The molecule has 0 radical (unpaired) electrons. The molecular formula is C14H28N2OS2. The fourth-order valence-corrected chi connectivity index (χ4v) is 5.62. The average Bonchev–Trinajstić information content (AvgIpc) is 2.68. The molecule has 0 aromatic heterocycles. The largest absolute Gasteiger partial charge is 0.383 e. The molecule has 3 nitrogen and oxygen atoms in total. The van der Waals surface area contributed by atoms with Crippen LogP contribution >= 0.6 is 23.5 Å². The fourth-order valence-electron chi connectivity index (χ4n) is 2.90. The third kappa shape index (κ3) is 5.46. The Labute approximate surface area is 126 Å². The summed E-state index contributed by atoms with van der Waals surface area (Å²) in [6.07, 6.45) is 1.36. The van der Waals surface area contributed by atoms with Gasteiger partial charge in [0.1, 0.15) is 0 Å². The Morgan fingerprint density at radius 2 is 2.00 bits per heavy atom. The second-order valence-corrected chi connectivity index (χ2v) is 7.99. The number of methoxy groups -OCH3 is 1. The Morgan fingerprint density at radius 1 is 1.26 bits per heavy atom. The van der Waals surface area contributed by atoms with Crippen LogP contribution in [-0.4, -0.2) is 85.8 Å². The minimum Gasteiger partial charge on any atom is -0.383 e. The number of hydrogen-bond acceptors (Lipinski definition) is 5. The minimum atomic E-state index is 0.783. The fraction of sp³-hybridized carbons (Fsp3) is 1.00. The molecule has 0 bridgehead atoms. The van der Waals surface area contributed by atoms with E-state index in [9.17, 15) is 0 Å². The predicted octanol–water partition coefficient (Wildman–Crippen LogP) is 1.74. The van der Waals surface area contributed by atoms with E-state index in [4.69, 9.17) is 4.74 Å². The van der Waals surface area contributed by atoms with Gasteiger partial charge in [-0.2, -0.15) is 23.5 Å². The number of thioether (sulfide) groups is 2. The van der Waals surface area contributed by atoms with Crippen LogP contribution in [0, 0.1) is 5.92 Å². The lowest BCUT2D eigenvalue weighted by molar-refractivity contribution is 0.156. The van der Waals surface area contributed by atoms with Gasteiger partial charge in [0.25, 0.3) is 0 Å². The minimum absolute atomic E-state index is 0.783. The van der Waals surface area contributed by atoms with Gasteiger partial charge in [0.2, 0.25) is 0 Å². The third-order valence-corrected chi connectivity index (χ3v) is 6.63. The van der Waals surface area contributed by atoms with Gasteiger partial charge in [-0.3, -0.25) is 0 Å². The Kier molecular flexibility index (Phi) is 7.37. The molecule has 0 aromatic carbocycles. The van der Waals surface area contributed by atoms with E-state index in [0.29, 0.717) is 0 Å². The monoisotopic (exact) mass is 304 g/mol. The van der Waals surface area contributed by atoms with Crippen LogP contribution in [-0.2, 0) is 4.74 Å². The molecule has 0 unspecified atom stereocenters. The topological polar surface area (TPSA) is 15.7 Å². The van der Waals surface area contributed by atoms with Crippen LogP contribution in [0.25, 0.3) is 0 Å². The zero-order valence-electron chi connectivity index (χ0n) is 12.3. The second-order valence-electron chi connectivity index (χ2n) is 5.69. The summed E-state index contributed by atoms with van der Waals surface area (Å²) < 4.78 is 5.17. The summed E-state index contributed by atoms with van der Waals surface area (Å²) in [6.45, 7) is 5.77. The molecule has 5 heteroatoms. The van der Waals surface area contributed by atoms with E-state index < -0.39 is 0 Å². The van der Waals surface area contributed by atoms with E-state index >= 15 is 0 Å². The summed E-state index contributed by atoms with van der Waals surface area (Å²) >= 11 is 4.26. The highest BCUT2D eigenvalue weighted by molar-refractivity contribution is 8.03. The quantitative estimate of drug-likeness (QED) is 0.740. The summed E-state index contributed by atoms with van der Waals surface area (Å²) in [4.78, 5) is 5.18. The molecule has 112 valence electrons. The van der Waals surface area contributed by atoms with Gasteiger partial charge < -0.3 is 14.5 Å². The molecule has 2 fully saturated rings. The van der Waals surface area contributed by atoms with Gasteiger partial charge >= 0.3 is 0 Å². The van der Waals surface area contributed by atoms with Crippen molar-refractivity contribution in [1.82, 2.24) is 9.80 Å². The van der Waals surface area contributed by atoms with Crippen molar-refractivity contribution >= 4 is 23.5 Å². The Bertz CT molecular complexity index is 248. The Morgan fingerprint density at radius 3 is 2.68 bits per heavy atom. The number of hydrogen-bond donors (Lipinski definition) is 0. The van der Waals surface area contributed by atoms with E-state index in [1.165, 1.54) is 49.1 Å². The maximum Gasteiger partial charge on any atom is 0.0589 e. The van der Waals surface area contributed by atoms with E-state index in [1.807, 2.05) is 0 Å². The lowest BCUT2D eigenvalue weighted by Crippen LogP contribution is -2.39. The van der Waals surface area contributed by atoms with Gasteiger partial charge in [0, 0.05) is 55.8 Å². The van der Waals surface area contributed by atoms with Crippen molar-refractivity contribution < 1.29 is 4.74 Å². The van der Waals surface area contributed by atoms with Crippen LogP contribution in [0.15, 0.2) is 0 Å². The molecule has 2 rings (SSSR count). The molecule has 2 aliphatic heterocycles. The number of nitrogens with zero attached hydrogens (tertiary/aromatic N) is 2. The van der Waals surface area contributed by atoms with Gasteiger partial charge in [-0.15, -0.1) is 0 Å². The summed E-state index contributed by atoms with van der Waals surface area (Å²) in [5, 5.41) is 0. The highest BCUT2D eigenvalue weighted by Crippen LogP contribution is 2.22. The van der Waals surface area contributed by atoms with Gasteiger partial charge in [0.15, 0.2) is 0 Å². The lowest BCUT2D eigenvalue weighted by atomic mass is 10.1. The molecule has 2 aliphatic rings. The van der Waals surface area contributed by atoms with E-state index in [1.54, 1.807) is 7.11 Å². The number of likely N-dealkylation sites (tertiary alicyclic amines) is 1. The van der Waals surface area contributed by atoms with Crippen molar-refractivity contribution in [1.29, 1.82) is 0 Å². The first kappa shape index (κ1) is 16.0. The molecule has 2 saturated heterocycles. The molecule has 0 amide bonds. The van der Waals surface area contributed by atoms with Crippen LogP contribution in [0.5, 0.6) is 0 Å². The molecular weight excluding hydrogens is 276 g/mol. The summed E-state index contributed by atoms with van der Waals surface area (Å²) in [6, 6.07) is 0.783. The normalized spacial score (nSPS) is 27.0. The van der Waals surface area contributed by atoms with Gasteiger partial charge in [-0.1, -0.05) is 0 Å². The van der Waals surface area contributed by atoms with Crippen molar-refractivity contribution in [3.05, 3.63) is 0 Å². The molecule has 0 aliphatic carbocycles. The Hall–Kier alpha value is 0.580. The Balaban J connectivity index is 1.68.